The molecule has 5 nitrogen and oxygen atoms in total. The Hall–Kier alpha value is -1.73. The Morgan fingerprint density at radius 2 is 2.30 bits per heavy atom. The third kappa shape index (κ3) is 2.34. The van der Waals surface area contributed by atoms with Gasteiger partial charge in [0.25, 0.3) is 5.91 Å². The molecule has 0 unspecified atom stereocenters. The van der Waals surface area contributed by atoms with E-state index in [1.807, 2.05) is 6.92 Å². The van der Waals surface area contributed by atoms with Crippen molar-refractivity contribution >= 4 is 29.2 Å². The van der Waals surface area contributed by atoms with Crippen LogP contribution in [-0.4, -0.2) is 34.6 Å². The van der Waals surface area contributed by atoms with E-state index in [9.17, 15) is 9.18 Å². The molecular weight excluding hydrogens is 281 g/mol. The van der Waals surface area contributed by atoms with Gasteiger partial charge >= 0.3 is 0 Å². The van der Waals surface area contributed by atoms with Crippen molar-refractivity contribution in [3.05, 3.63) is 28.3 Å². The number of imidazole rings is 1. The Morgan fingerprint density at radius 3 is 3.00 bits per heavy atom. The van der Waals surface area contributed by atoms with Gasteiger partial charge in [-0.15, -0.1) is 0 Å². The van der Waals surface area contributed by atoms with Crippen molar-refractivity contribution in [1.82, 2.24) is 15.3 Å². The lowest BCUT2D eigenvalue weighted by Gasteiger charge is -2.16. The van der Waals surface area contributed by atoms with Gasteiger partial charge in [0.2, 0.25) is 0 Å². The Kier molecular flexibility index (Phi) is 3.31. The van der Waals surface area contributed by atoms with Gasteiger partial charge in [0.05, 0.1) is 28.7 Å². The predicted molar refractivity (Wildman–Crippen MR) is 74.7 cm³/mol. The first kappa shape index (κ1) is 13.3. The monoisotopic (exact) mass is 295 g/mol. The number of ether oxygens (including phenoxy) is 1. The second-order valence-electron chi connectivity index (χ2n) is 4.90. The summed E-state index contributed by atoms with van der Waals surface area (Å²) in [5, 5.41) is 2.88. The second-order valence-corrected chi connectivity index (χ2v) is 5.31. The molecule has 0 bridgehead atoms. The van der Waals surface area contributed by atoms with Crippen LogP contribution in [0, 0.1) is 10.6 Å². The highest BCUT2D eigenvalue weighted by Gasteiger charge is 2.27. The quantitative estimate of drug-likeness (QED) is 0.744. The zero-order valence-corrected chi connectivity index (χ0v) is 11.6. The summed E-state index contributed by atoms with van der Waals surface area (Å²) in [6.07, 6.45) is 0.724. The average molecular weight is 295 g/mol. The molecule has 0 saturated carbocycles. The lowest BCUT2D eigenvalue weighted by Crippen LogP contribution is -2.39. The zero-order valence-electron chi connectivity index (χ0n) is 10.8. The number of rotatable bonds is 2. The summed E-state index contributed by atoms with van der Waals surface area (Å²) in [6, 6.07) is 2.46. The first-order chi connectivity index (χ1) is 9.54. The maximum atomic E-state index is 13.6. The van der Waals surface area contributed by atoms with E-state index >= 15 is 0 Å². The van der Waals surface area contributed by atoms with Gasteiger partial charge in [-0.1, -0.05) is 0 Å². The highest BCUT2D eigenvalue weighted by molar-refractivity contribution is 7.71. The molecule has 2 heterocycles. The van der Waals surface area contributed by atoms with E-state index < -0.39 is 5.82 Å². The van der Waals surface area contributed by atoms with Crippen LogP contribution in [0.2, 0.25) is 0 Å². The van der Waals surface area contributed by atoms with Crippen molar-refractivity contribution in [2.45, 2.75) is 25.5 Å². The van der Waals surface area contributed by atoms with Crippen molar-refractivity contribution in [3.63, 3.8) is 0 Å². The number of amides is 1. The van der Waals surface area contributed by atoms with Crippen LogP contribution in [-0.2, 0) is 4.74 Å². The highest BCUT2D eigenvalue weighted by Crippen LogP contribution is 2.19. The molecule has 2 aromatic rings. The third-order valence-electron chi connectivity index (χ3n) is 3.53. The van der Waals surface area contributed by atoms with Gasteiger partial charge in [-0.05, 0) is 37.7 Å². The first-order valence-electron chi connectivity index (χ1n) is 6.38. The van der Waals surface area contributed by atoms with Crippen LogP contribution in [0.1, 0.15) is 23.7 Å². The van der Waals surface area contributed by atoms with E-state index in [4.69, 9.17) is 17.0 Å². The van der Waals surface area contributed by atoms with Gasteiger partial charge in [0, 0.05) is 6.61 Å². The van der Waals surface area contributed by atoms with Gasteiger partial charge in [0.1, 0.15) is 5.82 Å². The van der Waals surface area contributed by atoms with Crippen LogP contribution in [0.5, 0.6) is 0 Å². The van der Waals surface area contributed by atoms with Gasteiger partial charge < -0.3 is 20.0 Å². The summed E-state index contributed by atoms with van der Waals surface area (Å²) in [6.45, 7) is 2.53. The minimum absolute atomic E-state index is 0.0345. The number of aromatic nitrogens is 2. The summed E-state index contributed by atoms with van der Waals surface area (Å²) < 4.78 is 19.3. The molecule has 7 heteroatoms. The number of halogens is 1. The molecule has 0 aliphatic carbocycles. The molecule has 3 N–H and O–H groups in total. The fourth-order valence-corrected chi connectivity index (χ4v) is 2.67. The number of hydrogen-bond acceptors (Lipinski definition) is 3. The van der Waals surface area contributed by atoms with Crippen LogP contribution in [0.4, 0.5) is 4.39 Å². The number of carbonyl (C=O) groups excluding carboxylic acids is 1. The van der Waals surface area contributed by atoms with Crippen molar-refractivity contribution in [2.75, 3.05) is 6.61 Å². The smallest absolute Gasteiger partial charge is 0.253 e. The second kappa shape index (κ2) is 4.99. The molecule has 3 rings (SSSR count). The molecule has 1 aliphatic rings. The molecule has 1 aromatic heterocycles. The average Bonchev–Trinajstić information content (AvgIpc) is 2.94. The Labute approximate surface area is 119 Å². The number of aromatic amines is 2. The fraction of sp³-hybridized carbons (Fsp3) is 0.385. The molecule has 1 aromatic carbocycles. The van der Waals surface area contributed by atoms with Crippen LogP contribution in [0.15, 0.2) is 12.1 Å². The van der Waals surface area contributed by atoms with Gasteiger partial charge in [0.15, 0.2) is 4.77 Å². The zero-order chi connectivity index (χ0) is 14.3. The summed E-state index contributed by atoms with van der Waals surface area (Å²) in [4.78, 5) is 18.0. The first-order valence-corrected chi connectivity index (χ1v) is 6.79. The van der Waals surface area contributed by atoms with Crippen molar-refractivity contribution < 1.29 is 13.9 Å². The maximum absolute atomic E-state index is 13.6. The van der Waals surface area contributed by atoms with Crippen LogP contribution < -0.4 is 5.32 Å². The van der Waals surface area contributed by atoms with Gasteiger partial charge in [-0.25, -0.2) is 4.39 Å². The normalized spacial score (nSPS) is 22.3. The molecule has 106 valence electrons. The predicted octanol–water partition coefficient (Wildman–Crippen LogP) is 2.27. The SMILES string of the molecule is C[C@@H]1OCC[C@H]1NC(=O)c1cc(F)cc2[nH]c(=S)[nH]c12. The molecule has 0 radical (unpaired) electrons. The largest absolute Gasteiger partial charge is 0.376 e. The summed E-state index contributed by atoms with van der Waals surface area (Å²) in [7, 11) is 0. The standard InChI is InChI=1S/C13H14FN3O2S/c1-6-9(2-3-19-6)15-12(18)8-4-7(14)5-10-11(8)17-13(20)16-10/h4-6,9H,2-3H2,1H3,(H,15,18)(H2,16,17,20)/t6-,9+/m0/s1. The topological polar surface area (TPSA) is 69.9 Å². The maximum Gasteiger partial charge on any atom is 0.253 e. The highest BCUT2D eigenvalue weighted by atomic mass is 32.1. The van der Waals surface area contributed by atoms with Crippen LogP contribution >= 0.6 is 12.2 Å². The Morgan fingerprint density at radius 1 is 1.50 bits per heavy atom. The van der Waals surface area contributed by atoms with Crippen molar-refractivity contribution in [3.8, 4) is 0 Å². The molecular formula is C13H14FN3O2S. The van der Waals surface area contributed by atoms with Crippen molar-refractivity contribution in [1.29, 1.82) is 0 Å². The van der Waals surface area contributed by atoms with Gasteiger partial charge in [-0.3, -0.25) is 4.79 Å². The van der Waals surface area contributed by atoms with Gasteiger partial charge in [-0.2, -0.15) is 0 Å². The molecule has 1 amide bonds. The Balaban J connectivity index is 1.96. The fourth-order valence-electron chi connectivity index (χ4n) is 2.45. The summed E-state index contributed by atoms with van der Waals surface area (Å²) in [5.74, 6) is -0.814. The lowest BCUT2D eigenvalue weighted by molar-refractivity contribution is 0.0867. The minimum atomic E-state index is -0.483. The number of nitrogens with one attached hydrogen (secondary N) is 3. The van der Waals surface area contributed by atoms with E-state index in [0.717, 1.165) is 6.42 Å². The number of H-pyrrole nitrogens is 2. The molecule has 1 aliphatic heterocycles. The molecule has 2 atom stereocenters. The third-order valence-corrected chi connectivity index (χ3v) is 3.73. The number of benzene rings is 1. The summed E-state index contributed by atoms with van der Waals surface area (Å²) in [5.41, 5.74) is 1.24. The Bertz CT molecular complexity index is 724. The minimum Gasteiger partial charge on any atom is -0.376 e. The number of fused-ring (bicyclic) bond motifs is 1. The van der Waals surface area contributed by atoms with E-state index in [1.165, 1.54) is 12.1 Å². The van der Waals surface area contributed by atoms with E-state index in [0.29, 0.717) is 22.4 Å². The van der Waals surface area contributed by atoms with E-state index in [2.05, 4.69) is 15.3 Å². The lowest BCUT2D eigenvalue weighted by atomic mass is 10.1. The van der Waals surface area contributed by atoms with E-state index in [1.54, 1.807) is 0 Å². The molecule has 1 fully saturated rings. The number of hydrogen-bond donors (Lipinski definition) is 3. The molecule has 20 heavy (non-hydrogen) atoms. The van der Waals surface area contributed by atoms with Crippen LogP contribution in [0.25, 0.3) is 11.0 Å². The van der Waals surface area contributed by atoms with Crippen molar-refractivity contribution in [2.24, 2.45) is 0 Å². The van der Waals surface area contributed by atoms with Crippen LogP contribution in [0.3, 0.4) is 0 Å². The van der Waals surface area contributed by atoms with E-state index in [-0.39, 0.29) is 23.6 Å². The number of carbonyl (C=O) groups is 1. The molecule has 0 spiro atoms. The summed E-state index contributed by atoms with van der Waals surface area (Å²) >= 11 is 4.98. The molecule has 1 saturated heterocycles.